The lowest BCUT2D eigenvalue weighted by atomic mass is 10.0. The third kappa shape index (κ3) is 2.44. The first-order chi connectivity index (χ1) is 9.16. The Morgan fingerprint density at radius 2 is 2.21 bits per heavy atom. The first-order valence-electron chi connectivity index (χ1n) is 6.46. The van der Waals surface area contributed by atoms with Crippen molar-refractivity contribution in [2.24, 2.45) is 0 Å². The lowest BCUT2D eigenvalue weighted by Crippen LogP contribution is -2.40. The summed E-state index contributed by atoms with van der Waals surface area (Å²) in [5.74, 6) is -0.184. The van der Waals surface area contributed by atoms with E-state index in [9.17, 15) is 9.90 Å². The maximum absolute atomic E-state index is 12.0. The number of fused-ring (bicyclic) bond motifs is 1. The number of pyridine rings is 1. The third-order valence-corrected chi connectivity index (χ3v) is 3.67. The molecule has 100 valence electrons. The summed E-state index contributed by atoms with van der Waals surface area (Å²) in [6.45, 7) is 0.312. The zero-order valence-electron chi connectivity index (χ0n) is 10.5. The van der Waals surface area contributed by atoms with Gasteiger partial charge in [0.1, 0.15) is 6.33 Å². The van der Waals surface area contributed by atoms with E-state index in [0.29, 0.717) is 17.8 Å². The molecule has 1 saturated carbocycles. The Morgan fingerprint density at radius 3 is 3.00 bits per heavy atom. The van der Waals surface area contributed by atoms with Crippen LogP contribution in [0.5, 0.6) is 0 Å². The van der Waals surface area contributed by atoms with Crippen molar-refractivity contribution in [3.8, 4) is 0 Å². The minimum atomic E-state index is -0.726. The average Bonchev–Trinajstić information content (AvgIpc) is 3.04. The number of carbonyl (C=O) groups is 1. The van der Waals surface area contributed by atoms with Gasteiger partial charge in [-0.25, -0.2) is 0 Å². The van der Waals surface area contributed by atoms with Crippen molar-refractivity contribution in [2.75, 3.05) is 6.54 Å². The lowest BCUT2D eigenvalue weighted by Gasteiger charge is -2.22. The van der Waals surface area contributed by atoms with Gasteiger partial charge in [-0.15, -0.1) is 10.2 Å². The maximum Gasteiger partial charge on any atom is 0.252 e. The Bertz CT molecular complexity index is 601. The fourth-order valence-corrected chi connectivity index (χ4v) is 2.52. The topological polar surface area (TPSA) is 79.5 Å². The highest BCUT2D eigenvalue weighted by atomic mass is 16.3. The molecule has 0 atom stereocenters. The number of nitrogens with zero attached hydrogens (tertiary/aromatic N) is 3. The fraction of sp³-hybridized carbons (Fsp3) is 0.462. The van der Waals surface area contributed by atoms with Gasteiger partial charge in [0.05, 0.1) is 11.2 Å². The minimum absolute atomic E-state index is 0.184. The lowest BCUT2D eigenvalue weighted by molar-refractivity contribution is 0.0449. The van der Waals surface area contributed by atoms with E-state index in [1.165, 1.54) is 0 Å². The molecule has 0 radical (unpaired) electrons. The van der Waals surface area contributed by atoms with Gasteiger partial charge in [0.2, 0.25) is 0 Å². The van der Waals surface area contributed by atoms with E-state index in [1.54, 1.807) is 29.1 Å². The number of aromatic nitrogens is 3. The van der Waals surface area contributed by atoms with Crippen molar-refractivity contribution in [1.29, 1.82) is 0 Å². The number of nitrogens with one attached hydrogen (secondary N) is 1. The molecule has 0 aromatic carbocycles. The van der Waals surface area contributed by atoms with Gasteiger partial charge in [-0.3, -0.25) is 9.20 Å². The van der Waals surface area contributed by atoms with Gasteiger partial charge in [0.15, 0.2) is 5.65 Å². The third-order valence-electron chi connectivity index (χ3n) is 3.67. The Morgan fingerprint density at radius 1 is 1.42 bits per heavy atom. The van der Waals surface area contributed by atoms with Crippen LogP contribution in [0.2, 0.25) is 0 Å². The molecule has 3 rings (SSSR count). The van der Waals surface area contributed by atoms with Crippen LogP contribution in [-0.2, 0) is 0 Å². The molecular formula is C13H16N4O2. The van der Waals surface area contributed by atoms with Crippen molar-refractivity contribution >= 4 is 11.6 Å². The zero-order valence-corrected chi connectivity index (χ0v) is 10.5. The van der Waals surface area contributed by atoms with Crippen LogP contribution in [0.3, 0.4) is 0 Å². The first kappa shape index (κ1) is 12.1. The average molecular weight is 260 g/mol. The van der Waals surface area contributed by atoms with Crippen LogP contribution in [-0.4, -0.2) is 37.8 Å². The summed E-state index contributed by atoms with van der Waals surface area (Å²) in [7, 11) is 0. The normalized spacial score (nSPS) is 17.7. The van der Waals surface area contributed by atoms with E-state index in [-0.39, 0.29) is 5.91 Å². The molecule has 2 heterocycles. The maximum atomic E-state index is 12.0. The molecule has 1 aliphatic carbocycles. The molecule has 2 aromatic rings. The van der Waals surface area contributed by atoms with Crippen LogP contribution in [0.4, 0.5) is 0 Å². The predicted octanol–water partition coefficient (Wildman–Crippen LogP) is 0.764. The highest BCUT2D eigenvalue weighted by molar-refractivity contribution is 5.94. The molecule has 0 bridgehead atoms. The summed E-state index contributed by atoms with van der Waals surface area (Å²) in [6, 6.07) is 3.45. The monoisotopic (exact) mass is 260 g/mol. The smallest absolute Gasteiger partial charge is 0.252 e. The molecule has 6 heteroatoms. The molecule has 1 amide bonds. The molecule has 2 aromatic heterocycles. The number of amides is 1. The summed E-state index contributed by atoms with van der Waals surface area (Å²) in [5, 5.41) is 20.6. The van der Waals surface area contributed by atoms with Gasteiger partial charge in [-0.1, -0.05) is 12.8 Å². The molecular weight excluding hydrogens is 244 g/mol. The van der Waals surface area contributed by atoms with Crippen LogP contribution >= 0.6 is 0 Å². The molecule has 19 heavy (non-hydrogen) atoms. The number of aliphatic hydroxyl groups is 1. The molecule has 1 aliphatic rings. The molecule has 0 spiro atoms. The van der Waals surface area contributed by atoms with Crippen molar-refractivity contribution in [2.45, 2.75) is 31.3 Å². The predicted molar refractivity (Wildman–Crippen MR) is 68.7 cm³/mol. The van der Waals surface area contributed by atoms with Gasteiger partial charge in [-0.05, 0) is 25.0 Å². The van der Waals surface area contributed by atoms with Gasteiger partial charge in [0, 0.05) is 12.7 Å². The second-order valence-corrected chi connectivity index (χ2v) is 5.13. The highest BCUT2D eigenvalue weighted by Gasteiger charge is 2.31. The van der Waals surface area contributed by atoms with Crippen molar-refractivity contribution in [3.05, 3.63) is 30.2 Å². The quantitative estimate of drug-likeness (QED) is 0.854. The summed E-state index contributed by atoms with van der Waals surface area (Å²) in [6.07, 6.45) is 6.81. The van der Waals surface area contributed by atoms with Crippen molar-refractivity contribution < 1.29 is 9.90 Å². The Hall–Kier alpha value is -1.95. The van der Waals surface area contributed by atoms with Gasteiger partial charge >= 0.3 is 0 Å². The molecule has 1 fully saturated rings. The van der Waals surface area contributed by atoms with Gasteiger partial charge in [-0.2, -0.15) is 0 Å². The van der Waals surface area contributed by atoms with E-state index in [0.717, 1.165) is 25.7 Å². The Labute approximate surface area is 110 Å². The molecule has 2 N–H and O–H groups in total. The molecule has 0 unspecified atom stereocenters. The van der Waals surface area contributed by atoms with Crippen LogP contribution in [0.15, 0.2) is 24.7 Å². The summed E-state index contributed by atoms with van der Waals surface area (Å²) in [4.78, 5) is 12.0. The standard InChI is InChI=1S/C13H16N4O2/c18-12(14-8-13(19)5-1-2-6-13)10-3-4-11-16-15-9-17(11)7-10/h3-4,7,9,19H,1-2,5-6,8H2,(H,14,18). The fourth-order valence-electron chi connectivity index (χ4n) is 2.52. The SMILES string of the molecule is O=C(NCC1(O)CCCC1)c1ccc2nncn2c1. The first-order valence-corrected chi connectivity index (χ1v) is 6.46. The van der Waals surface area contributed by atoms with Crippen LogP contribution in [0, 0.1) is 0 Å². The number of hydrogen-bond acceptors (Lipinski definition) is 4. The van der Waals surface area contributed by atoms with Crippen LogP contribution < -0.4 is 5.32 Å². The van der Waals surface area contributed by atoms with E-state index in [4.69, 9.17) is 0 Å². The minimum Gasteiger partial charge on any atom is -0.388 e. The molecule has 0 saturated heterocycles. The van der Waals surface area contributed by atoms with Gasteiger partial charge in [0.25, 0.3) is 5.91 Å². The zero-order chi connectivity index (χ0) is 13.3. The van der Waals surface area contributed by atoms with E-state index in [2.05, 4.69) is 15.5 Å². The van der Waals surface area contributed by atoms with Crippen molar-refractivity contribution in [1.82, 2.24) is 19.9 Å². The van der Waals surface area contributed by atoms with E-state index in [1.807, 2.05) is 0 Å². The summed E-state index contributed by atoms with van der Waals surface area (Å²) >= 11 is 0. The highest BCUT2D eigenvalue weighted by Crippen LogP contribution is 2.28. The summed E-state index contributed by atoms with van der Waals surface area (Å²) in [5.41, 5.74) is 0.510. The Kier molecular flexibility index (Phi) is 2.94. The van der Waals surface area contributed by atoms with E-state index >= 15 is 0 Å². The largest absolute Gasteiger partial charge is 0.388 e. The summed E-state index contributed by atoms with van der Waals surface area (Å²) < 4.78 is 1.69. The number of hydrogen-bond donors (Lipinski definition) is 2. The van der Waals surface area contributed by atoms with Crippen molar-refractivity contribution in [3.63, 3.8) is 0 Å². The second kappa shape index (κ2) is 4.62. The number of rotatable bonds is 3. The van der Waals surface area contributed by atoms with E-state index < -0.39 is 5.60 Å². The number of carbonyl (C=O) groups excluding carboxylic acids is 1. The van der Waals surface area contributed by atoms with Gasteiger partial charge < -0.3 is 10.4 Å². The van der Waals surface area contributed by atoms with Crippen LogP contribution in [0.25, 0.3) is 5.65 Å². The second-order valence-electron chi connectivity index (χ2n) is 5.13. The molecule has 6 nitrogen and oxygen atoms in total. The van der Waals surface area contributed by atoms with Crippen LogP contribution in [0.1, 0.15) is 36.0 Å². The Balaban J connectivity index is 1.69. The molecule has 0 aliphatic heterocycles.